The molecule has 2 atom stereocenters. The number of nitrogens with zero attached hydrogens (tertiary/aromatic N) is 4. The van der Waals surface area contributed by atoms with E-state index in [4.69, 9.17) is 26.5 Å². The number of ether oxygens (including phenoxy) is 2. The quantitative estimate of drug-likeness (QED) is 0.613. The van der Waals surface area contributed by atoms with Gasteiger partial charge in [0, 0.05) is 24.0 Å². The van der Waals surface area contributed by atoms with E-state index in [9.17, 15) is 4.39 Å². The summed E-state index contributed by atoms with van der Waals surface area (Å²) in [6.45, 7) is 3.36. The molecule has 0 bridgehead atoms. The zero-order chi connectivity index (χ0) is 22.6. The summed E-state index contributed by atoms with van der Waals surface area (Å²) in [5.41, 5.74) is 1.05. The van der Waals surface area contributed by atoms with Crippen LogP contribution in [0.2, 0.25) is 5.02 Å². The van der Waals surface area contributed by atoms with Crippen molar-refractivity contribution in [3.05, 3.63) is 47.5 Å². The normalized spacial score (nSPS) is 22.8. The second-order valence-corrected chi connectivity index (χ2v) is 8.55. The molecule has 2 unspecified atom stereocenters. The zero-order valence-corrected chi connectivity index (χ0v) is 18.6. The molecule has 2 fully saturated rings. The Morgan fingerprint density at radius 1 is 1.31 bits per heavy atom. The lowest BCUT2D eigenvalue weighted by atomic mass is 9.85. The standard InChI is InChI=1S/C22H22ClFN6O2/c1-12-22(9-29(12)2)10-30(21(25)32-22)17-7-13-16(8-18(17)31-3)26-11-27-20(13)28-15-6-4-5-14(23)19(15)24/h4-8,11-12,25H,9-10H2,1-3H3,(H,26,27,28). The van der Waals surface area contributed by atoms with Crippen LogP contribution in [0.4, 0.5) is 21.6 Å². The molecule has 166 valence electrons. The first kappa shape index (κ1) is 20.7. The Bertz CT molecular complexity index is 1240. The van der Waals surface area contributed by atoms with Crippen LogP contribution in [0.25, 0.3) is 10.9 Å². The fourth-order valence-electron chi connectivity index (χ4n) is 4.37. The average molecular weight is 457 g/mol. The van der Waals surface area contributed by atoms with Crippen LogP contribution in [0.3, 0.4) is 0 Å². The summed E-state index contributed by atoms with van der Waals surface area (Å²) in [5, 5.41) is 12.2. The summed E-state index contributed by atoms with van der Waals surface area (Å²) in [6, 6.07) is 8.59. The van der Waals surface area contributed by atoms with Crippen LogP contribution in [0, 0.1) is 11.2 Å². The topological polar surface area (TPSA) is 86.6 Å². The van der Waals surface area contributed by atoms with Crippen LogP contribution >= 0.6 is 11.6 Å². The third-order valence-electron chi connectivity index (χ3n) is 6.34. The molecule has 10 heteroatoms. The van der Waals surface area contributed by atoms with Gasteiger partial charge in [0.1, 0.15) is 17.9 Å². The van der Waals surface area contributed by atoms with Crippen LogP contribution in [-0.4, -0.2) is 59.8 Å². The molecule has 2 aliphatic heterocycles. The van der Waals surface area contributed by atoms with Gasteiger partial charge in [-0.25, -0.2) is 14.4 Å². The van der Waals surface area contributed by atoms with Crippen molar-refractivity contribution in [3.8, 4) is 5.75 Å². The third-order valence-corrected chi connectivity index (χ3v) is 6.63. The van der Waals surface area contributed by atoms with Gasteiger partial charge in [0.15, 0.2) is 11.4 Å². The molecule has 5 rings (SSSR count). The molecule has 8 nitrogen and oxygen atoms in total. The summed E-state index contributed by atoms with van der Waals surface area (Å²) in [7, 11) is 3.61. The number of benzene rings is 2. The highest BCUT2D eigenvalue weighted by Crippen LogP contribution is 2.43. The second kappa shape index (κ2) is 7.46. The highest BCUT2D eigenvalue weighted by atomic mass is 35.5. The van der Waals surface area contributed by atoms with Crippen LogP contribution in [-0.2, 0) is 4.74 Å². The Labute approximate surface area is 189 Å². The van der Waals surface area contributed by atoms with Crippen molar-refractivity contribution in [1.29, 1.82) is 5.41 Å². The molecule has 1 aromatic heterocycles. The lowest BCUT2D eigenvalue weighted by Gasteiger charge is -2.50. The number of amidine groups is 1. The van der Waals surface area contributed by atoms with Gasteiger partial charge in [0.25, 0.3) is 6.02 Å². The number of likely N-dealkylation sites (tertiary alicyclic amines) is 1. The number of fused-ring (bicyclic) bond motifs is 1. The number of methoxy groups -OCH3 is 1. The fourth-order valence-corrected chi connectivity index (χ4v) is 4.54. The number of anilines is 3. The molecular formula is C22H22ClFN6O2. The van der Waals surface area contributed by atoms with E-state index in [1.165, 1.54) is 12.4 Å². The number of nitrogens with one attached hydrogen (secondary N) is 2. The predicted molar refractivity (Wildman–Crippen MR) is 122 cm³/mol. The van der Waals surface area contributed by atoms with Crippen molar-refractivity contribution >= 4 is 45.7 Å². The van der Waals surface area contributed by atoms with Crippen molar-refractivity contribution in [2.45, 2.75) is 18.6 Å². The number of halogens is 2. The lowest BCUT2D eigenvalue weighted by molar-refractivity contribution is -0.0998. The van der Waals surface area contributed by atoms with E-state index in [2.05, 4.69) is 27.1 Å². The van der Waals surface area contributed by atoms with Gasteiger partial charge in [-0.05, 0) is 32.2 Å². The minimum Gasteiger partial charge on any atom is -0.494 e. The fraction of sp³-hybridized carbons (Fsp3) is 0.318. The Hall–Kier alpha value is -3.17. The number of rotatable bonds is 4. The minimum atomic E-state index is -0.561. The van der Waals surface area contributed by atoms with Crippen molar-refractivity contribution in [1.82, 2.24) is 14.9 Å². The van der Waals surface area contributed by atoms with Crippen LogP contribution < -0.4 is 15.0 Å². The van der Waals surface area contributed by atoms with E-state index in [0.29, 0.717) is 34.7 Å². The predicted octanol–water partition coefficient (Wildman–Crippen LogP) is 4.02. The average Bonchev–Trinajstić information content (AvgIpc) is 3.14. The number of aromatic nitrogens is 2. The highest BCUT2D eigenvalue weighted by Gasteiger charge is 2.57. The van der Waals surface area contributed by atoms with Crippen molar-refractivity contribution in [2.24, 2.45) is 0 Å². The van der Waals surface area contributed by atoms with Gasteiger partial charge >= 0.3 is 0 Å². The highest BCUT2D eigenvalue weighted by molar-refractivity contribution is 6.31. The monoisotopic (exact) mass is 456 g/mol. The second-order valence-electron chi connectivity index (χ2n) is 8.14. The number of hydrogen-bond donors (Lipinski definition) is 2. The molecule has 2 aromatic carbocycles. The number of likely N-dealkylation sites (N-methyl/N-ethyl adjacent to an activating group) is 1. The Morgan fingerprint density at radius 2 is 2.12 bits per heavy atom. The van der Waals surface area contributed by atoms with Crippen molar-refractivity contribution in [3.63, 3.8) is 0 Å². The molecule has 0 saturated carbocycles. The van der Waals surface area contributed by atoms with Crippen molar-refractivity contribution in [2.75, 3.05) is 37.5 Å². The maximum absolute atomic E-state index is 14.5. The van der Waals surface area contributed by atoms with E-state index in [1.807, 2.05) is 13.1 Å². The van der Waals surface area contributed by atoms with E-state index < -0.39 is 11.4 Å². The van der Waals surface area contributed by atoms with E-state index >= 15 is 0 Å². The van der Waals surface area contributed by atoms with Gasteiger partial charge in [-0.15, -0.1) is 0 Å². The Kier molecular flexibility index (Phi) is 4.83. The Morgan fingerprint density at radius 3 is 2.84 bits per heavy atom. The van der Waals surface area contributed by atoms with Gasteiger partial charge in [-0.2, -0.15) is 0 Å². The summed E-state index contributed by atoms with van der Waals surface area (Å²) < 4.78 is 26.1. The van der Waals surface area contributed by atoms with Gasteiger partial charge in [0.2, 0.25) is 0 Å². The minimum absolute atomic E-state index is 0.0169. The molecule has 0 radical (unpaired) electrons. The molecule has 2 aliphatic rings. The van der Waals surface area contributed by atoms with Gasteiger partial charge in [-0.3, -0.25) is 15.2 Å². The molecule has 2 N–H and O–H groups in total. The SMILES string of the molecule is COc1cc2ncnc(Nc3cccc(Cl)c3F)c2cc1N1CC2(CN(C)C2C)OC1=N. The van der Waals surface area contributed by atoms with E-state index in [0.717, 1.165) is 6.54 Å². The smallest absolute Gasteiger partial charge is 0.290 e. The summed E-state index contributed by atoms with van der Waals surface area (Å²) >= 11 is 5.92. The molecule has 1 spiro atoms. The Balaban J connectivity index is 1.57. The van der Waals surface area contributed by atoms with Gasteiger partial charge in [-0.1, -0.05) is 17.7 Å². The lowest BCUT2D eigenvalue weighted by Crippen LogP contribution is -2.68. The first-order valence-corrected chi connectivity index (χ1v) is 10.5. The molecular weight excluding hydrogens is 435 g/mol. The molecule has 32 heavy (non-hydrogen) atoms. The third kappa shape index (κ3) is 3.11. The zero-order valence-electron chi connectivity index (χ0n) is 17.8. The maximum Gasteiger partial charge on any atom is 0.290 e. The van der Waals surface area contributed by atoms with Crippen molar-refractivity contribution < 1.29 is 13.9 Å². The van der Waals surface area contributed by atoms with Crippen LogP contribution in [0.5, 0.6) is 5.75 Å². The first-order chi connectivity index (χ1) is 15.3. The first-order valence-electron chi connectivity index (χ1n) is 10.1. The van der Waals surface area contributed by atoms with Gasteiger partial charge < -0.3 is 14.8 Å². The maximum atomic E-state index is 14.5. The van der Waals surface area contributed by atoms with Crippen LogP contribution in [0.1, 0.15) is 6.92 Å². The van der Waals surface area contributed by atoms with Crippen LogP contribution in [0.15, 0.2) is 36.7 Å². The molecule has 3 aromatic rings. The van der Waals surface area contributed by atoms with E-state index in [1.54, 1.807) is 30.2 Å². The van der Waals surface area contributed by atoms with E-state index in [-0.39, 0.29) is 22.8 Å². The summed E-state index contributed by atoms with van der Waals surface area (Å²) in [4.78, 5) is 12.6. The molecule has 0 aliphatic carbocycles. The molecule has 2 saturated heterocycles. The summed E-state index contributed by atoms with van der Waals surface area (Å²) in [5.74, 6) is 0.411. The number of hydrogen-bond acceptors (Lipinski definition) is 7. The molecule has 3 heterocycles. The molecule has 0 amide bonds. The van der Waals surface area contributed by atoms with Gasteiger partial charge in [0.05, 0.1) is 35.6 Å². The largest absolute Gasteiger partial charge is 0.494 e. The summed E-state index contributed by atoms with van der Waals surface area (Å²) in [6.07, 6.45) is 1.40.